The molecule has 0 aliphatic carbocycles. The van der Waals surface area contributed by atoms with Crippen LogP contribution in [0.4, 0.5) is 0 Å². The average molecular weight is 851 g/mol. The Labute approximate surface area is 341 Å². The van der Waals surface area contributed by atoms with Gasteiger partial charge in [0.2, 0.25) is 0 Å². The first kappa shape index (κ1) is 37.3. The molecule has 0 unspecified atom stereocenters. The van der Waals surface area contributed by atoms with Crippen LogP contribution < -0.4 is 0 Å². The number of rotatable bonds is 3. The predicted molar refractivity (Wildman–Crippen MR) is 227 cm³/mol. The molecular formula is C44H26N4O9S3. The molecule has 0 spiro atoms. The molecule has 13 nitrogen and oxygen atoms in total. The fraction of sp³-hybridized carbons (Fsp3) is 0. The van der Waals surface area contributed by atoms with Crippen molar-refractivity contribution in [3.05, 3.63) is 139 Å². The van der Waals surface area contributed by atoms with Crippen molar-refractivity contribution in [2.75, 3.05) is 0 Å². The van der Waals surface area contributed by atoms with Gasteiger partial charge >= 0.3 is 0 Å². The number of aromatic amines is 2. The van der Waals surface area contributed by atoms with Crippen molar-refractivity contribution < 1.29 is 38.9 Å². The lowest BCUT2D eigenvalue weighted by Crippen LogP contribution is -1.98. The Morgan fingerprint density at radius 1 is 0.383 bits per heavy atom. The van der Waals surface area contributed by atoms with E-state index >= 15 is 0 Å². The number of fused-ring (bicyclic) bond motifs is 20. The summed E-state index contributed by atoms with van der Waals surface area (Å²) in [7, 11) is -13.9. The molecule has 0 saturated heterocycles. The van der Waals surface area contributed by atoms with Crippen LogP contribution in [0, 0.1) is 11.8 Å². The van der Waals surface area contributed by atoms with Crippen LogP contribution in [0.1, 0.15) is 11.1 Å². The van der Waals surface area contributed by atoms with Gasteiger partial charge in [-0.15, -0.1) is 0 Å². The number of hydrogen-bond acceptors (Lipinski definition) is 8. The maximum atomic E-state index is 12.4. The second-order valence-corrected chi connectivity index (χ2v) is 18.4. The normalized spacial score (nSPS) is 12.5. The lowest BCUT2D eigenvalue weighted by Gasteiger charge is -2.03. The summed E-state index contributed by atoms with van der Waals surface area (Å²) in [5.41, 5.74) is 6.80. The molecule has 0 radical (unpaired) electrons. The van der Waals surface area contributed by atoms with Gasteiger partial charge in [0.1, 0.15) is 0 Å². The standard InChI is InChI=1S/C44H26N4O9S3/c49-58(50,51)26-9-13-30-34(17-26)43-22-40-32-15-11-28(60(55,56)57)19-36(32)44(48-40)23-39-31-14-10-27(59(52,53)54)18-35(31)42(47-39)21-37-29-12-8-25(7-6-24-4-2-1-3-5-24)16-33(29)41(45-37)20-38(30)46-43/h1-5,8-23,45,48H,(H,49,50,51)(H,52,53,54)(H,55,56,57). The highest BCUT2D eigenvalue weighted by Gasteiger charge is 2.24. The van der Waals surface area contributed by atoms with Gasteiger partial charge < -0.3 is 9.97 Å². The van der Waals surface area contributed by atoms with Gasteiger partial charge in [0.25, 0.3) is 30.4 Å². The van der Waals surface area contributed by atoms with Crippen molar-refractivity contribution in [3.63, 3.8) is 0 Å². The van der Waals surface area contributed by atoms with Crippen molar-refractivity contribution in [3.8, 4) is 56.9 Å². The van der Waals surface area contributed by atoms with E-state index in [2.05, 4.69) is 21.8 Å². The van der Waals surface area contributed by atoms with Crippen LogP contribution in [0.5, 0.6) is 0 Å². The van der Waals surface area contributed by atoms with E-state index in [1.54, 1.807) is 30.3 Å². The van der Waals surface area contributed by atoms with Crippen LogP contribution in [0.3, 0.4) is 0 Å². The molecule has 2 aliphatic heterocycles. The van der Waals surface area contributed by atoms with Crippen LogP contribution >= 0.6 is 0 Å². The summed E-state index contributed by atoms with van der Waals surface area (Å²) in [6, 6.07) is 34.4. The molecule has 5 heterocycles. The second-order valence-electron chi connectivity index (χ2n) is 14.2. The smallest absolute Gasteiger partial charge is 0.294 e. The van der Waals surface area contributed by atoms with Gasteiger partial charge in [-0.05, 0) is 84.9 Å². The Bertz CT molecular complexity index is 3770. The van der Waals surface area contributed by atoms with Crippen LogP contribution in [-0.4, -0.2) is 58.8 Å². The average Bonchev–Trinajstić information content (AvgIpc) is 3.94. The van der Waals surface area contributed by atoms with E-state index in [4.69, 9.17) is 9.97 Å². The summed E-state index contributed by atoms with van der Waals surface area (Å²) in [5.74, 6) is 6.41. The van der Waals surface area contributed by atoms with Crippen LogP contribution in [0.2, 0.25) is 0 Å². The Morgan fingerprint density at radius 2 is 0.783 bits per heavy atom. The summed E-state index contributed by atoms with van der Waals surface area (Å²) in [4.78, 5) is 15.6. The number of nitrogens with one attached hydrogen (secondary N) is 2. The fourth-order valence-electron chi connectivity index (χ4n) is 7.63. The van der Waals surface area contributed by atoms with Gasteiger partial charge in [-0.2, -0.15) is 25.3 Å². The molecule has 0 fully saturated rings. The Morgan fingerprint density at radius 3 is 1.28 bits per heavy atom. The van der Waals surface area contributed by atoms with Crippen LogP contribution in [0.15, 0.2) is 142 Å². The van der Waals surface area contributed by atoms with Gasteiger partial charge in [-0.3, -0.25) is 13.7 Å². The highest BCUT2D eigenvalue weighted by atomic mass is 32.2. The SMILES string of the molecule is O=S(=O)(O)c1ccc2c(c1)-c1cc3[nH]c(cc4nc(cc5[nH]c(cc-2n1)c1cc(S(=O)(=O)O)ccc51)-c1cc(S(=O)(=O)O)ccc1-4)c1cc(C#Cc2ccccc2)ccc31. The highest BCUT2D eigenvalue weighted by molar-refractivity contribution is 7.86. The molecule has 8 bridgehead atoms. The Hall–Kier alpha value is -6.97. The highest BCUT2D eigenvalue weighted by Crippen LogP contribution is 2.42. The zero-order chi connectivity index (χ0) is 41.7. The lowest BCUT2D eigenvalue weighted by molar-refractivity contribution is 0.481. The maximum Gasteiger partial charge on any atom is 0.294 e. The van der Waals surface area contributed by atoms with Gasteiger partial charge in [-0.1, -0.05) is 54.3 Å². The first-order valence-corrected chi connectivity index (χ1v) is 22.3. The van der Waals surface area contributed by atoms with E-state index in [0.717, 1.165) is 16.3 Å². The van der Waals surface area contributed by atoms with E-state index < -0.39 is 30.4 Å². The molecule has 5 N–H and O–H groups in total. The summed E-state index contributed by atoms with van der Waals surface area (Å²) < 4.78 is 104. The monoisotopic (exact) mass is 850 g/mol. The van der Waals surface area contributed by atoms with Crippen molar-refractivity contribution in [1.29, 1.82) is 0 Å². The van der Waals surface area contributed by atoms with Crippen LogP contribution in [0.25, 0.3) is 88.6 Å². The summed E-state index contributed by atoms with van der Waals surface area (Å²) >= 11 is 0. The molecule has 10 rings (SSSR count). The molecule has 16 heteroatoms. The summed E-state index contributed by atoms with van der Waals surface area (Å²) in [6.07, 6.45) is 0. The zero-order valence-electron chi connectivity index (χ0n) is 30.5. The summed E-state index contributed by atoms with van der Waals surface area (Å²) in [6.45, 7) is 0. The topological polar surface area (TPSA) is 220 Å². The quantitative estimate of drug-likeness (QED) is 0.0839. The number of aromatic nitrogens is 4. The third-order valence-electron chi connectivity index (χ3n) is 10.4. The number of hydrogen-bond donors (Lipinski definition) is 5. The maximum absolute atomic E-state index is 12.4. The minimum absolute atomic E-state index is 0.316. The predicted octanol–water partition coefficient (Wildman–Crippen LogP) is 8.43. The van der Waals surface area contributed by atoms with E-state index in [-0.39, 0.29) is 14.7 Å². The largest absolute Gasteiger partial charge is 0.354 e. The Kier molecular flexibility index (Phi) is 8.25. The third kappa shape index (κ3) is 6.51. The molecule has 0 amide bonds. The molecule has 0 saturated carbocycles. The first-order valence-electron chi connectivity index (χ1n) is 18.0. The van der Waals surface area contributed by atoms with Crippen molar-refractivity contribution in [2.24, 2.45) is 0 Å². The van der Waals surface area contributed by atoms with E-state index in [0.29, 0.717) is 83.4 Å². The molecular weight excluding hydrogens is 825 g/mol. The molecule has 60 heavy (non-hydrogen) atoms. The number of H-pyrrole nitrogens is 2. The molecule has 294 valence electrons. The molecule has 0 atom stereocenters. The van der Waals surface area contributed by atoms with Crippen molar-refractivity contribution >= 4 is 74.0 Å². The zero-order valence-corrected chi connectivity index (χ0v) is 33.0. The molecule has 8 aromatic rings. The summed E-state index contributed by atoms with van der Waals surface area (Å²) in [5, 5.41) is 2.36. The van der Waals surface area contributed by atoms with Gasteiger partial charge in [0.05, 0.1) is 37.5 Å². The minimum Gasteiger partial charge on any atom is -0.354 e. The lowest BCUT2D eigenvalue weighted by atomic mass is 10.0. The van der Waals surface area contributed by atoms with E-state index in [1.807, 2.05) is 48.5 Å². The van der Waals surface area contributed by atoms with E-state index in [1.165, 1.54) is 48.5 Å². The van der Waals surface area contributed by atoms with Gasteiger partial charge in [0, 0.05) is 77.0 Å². The van der Waals surface area contributed by atoms with Crippen molar-refractivity contribution in [1.82, 2.24) is 19.9 Å². The molecule has 5 aromatic carbocycles. The molecule has 3 aromatic heterocycles. The minimum atomic E-state index is -4.63. The number of nitrogens with zero attached hydrogens (tertiary/aromatic N) is 2. The van der Waals surface area contributed by atoms with Gasteiger partial charge in [-0.25, -0.2) is 9.97 Å². The first-order chi connectivity index (χ1) is 28.6. The Balaban J connectivity index is 1.36. The fourth-order valence-corrected chi connectivity index (χ4v) is 9.15. The van der Waals surface area contributed by atoms with Crippen molar-refractivity contribution in [2.45, 2.75) is 14.7 Å². The second kappa shape index (κ2) is 13.3. The third-order valence-corrected chi connectivity index (χ3v) is 13.0. The number of benzene rings is 5. The molecule has 2 aliphatic rings. The van der Waals surface area contributed by atoms with Crippen LogP contribution in [-0.2, 0) is 30.4 Å². The van der Waals surface area contributed by atoms with E-state index in [9.17, 15) is 38.9 Å². The van der Waals surface area contributed by atoms with Gasteiger partial charge in [0.15, 0.2) is 0 Å².